The van der Waals surface area contributed by atoms with Gasteiger partial charge in [0.05, 0.1) is 5.02 Å². The Hall–Kier alpha value is -1.22. The molecule has 1 heterocycles. The van der Waals surface area contributed by atoms with Crippen LogP contribution in [0, 0.1) is 11.3 Å². The first-order valence-electron chi connectivity index (χ1n) is 7.57. The van der Waals surface area contributed by atoms with Crippen LogP contribution in [0.4, 0.5) is 5.69 Å². The standard InChI is InChI=1S/C16H22ClN3/c17-14-10-12(7-8-13(14)16(18)19)20-9-3-5-11-4-1-2-6-15(11)20/h7-8,10-11,15H,1-6,9H2,(H3,18,19). The molecule has 1 saturated heterocycles. The molecule has 1 aromatic carbocycles. The molecule has 20 heavy (non-hydrogen) atoms. The van der Waals surface area contributed by atoms with E-state index in [0.29, 0.717) is 16.6 Å². The predicted molar refractivity (Wildman–Crippen MR) is 84.8 cm³/mol. The summed E-state index contributed by atoms with van der Waals surface area (Å²) in [5.41, 5.74) is 7.36. The number of nitrogens with one attached hydrogen (secondary N) is 1. The number of hydrogen-bond donors (Lipinski definition) is 2. The summed E-state index contributed by atoms with van der Waals surface area (Å²) in [7, 11) is 0. The van der Waals surface area contributed by atoms with Crippen LogP contribution in [-0.4, -0.2) is 18.4 Å². The molecule has 1 saturated carbocycles. The number of fused-ring (bicyclic) bond motifs is 1. The molecular weight excluding hydrogens is 270 g/mol. The van der Waals surface area contributed by atoms with E-state index in [0.717, 1.165) is 12.5 Å². The molecule has 4 heteroatoms. The van der Waals surface area contributed by atoms with E-state index in [2.05, 4.69) is 11.0 Å². The zero-order valence-corrected chi connectivity index (χ0v) is 12.5. The van der Waals surface area contributed by atoms with Crippen LogP contribution in [0.1, 0.15) is 44.1 Å². The molecule has 2 fully saturated rings. The fourth-order valence-electron chi connectivity index (χ4n) is 3.85. The minimum absolute atomic E-state index is 0.0377. The molecule has 0 amide bonds. The van der Waals surface area contributed by atoms with E-state index in [1.807, 2.05) is 12.1 Å². The quantitative estimate of drug-likeness (QED) is 0.643. The maximum absolute atomic E-state index is 7.52. The van der Waals surface area contributed by atoms with E-state index in [1.165, 1.54) is 44.2 Å². The predicted octanol–water partition coefficient (Wildman–Crippen LogP) is 3.78. The van der Waals surface area contributed by atoms with Gasteiger partial charge in [-0.2, -0.15) is 0 Å². The van der Waals surface area contributed by atoms with Gasteiger partial charge in [0.25, 0.3) is 0 Å². The molecule has 3 rings (SSSR count). The van der Waals surface area contributed by atoms with Crippen LogP contribution in [0.2, 0.25) is 5.02 Å². The molecule has 3 N–H and O–H groups in total. The van der Waals surface area contributed by atoms with Crippen LogP contribution >= 0.6 is 11.6 Å². The van der Waals surface area contributed by atoms with Crippen LogP contribution in [0.5, 0.6) is 0 Å². The molecule has 2 atom stereocenters. The van der Waals surface area contributed by atoms with Gasteiger partial charge in [0.15, 0.2) is 0 Å². The van der Waals surface area contributed by atoms with Crippen molar-refractivity contribution >= 4 is 23.1 Å². The molecule has 108 valence electrons. The maximum atomic E-state index is 7.52. The lowest BCUT2D eigenvalue weighted by molar-refractivity contribution is 0.244. The summed E-state index contributed by atoms with van der Waals surface area (Å²) < 4.78 is 0. The van der Waals surface area contributed by atoms with Crippen LogP contribution in [0.15, 0.2) is 18.2 Å². The number of hydrogen-bond acceptors (Lipinski definition) is 2. The van der Waals surface area contributed by atoms with Gasteiger partial charge in [-0.25, -0.2) is 0 Å². The Labute approximate surface area is 125 Å². The molecule has 3 nitrogen and oxygen atoms in total. The minimum Gasteiger partial charge on any atom is -0.384 e. The fraction of sp³-hybridized carbons (Fsp3) is 0.562. The second-order valence-corrected chi connectivity index (χ2v) is 6.43. The summed E-state index contributed by atoms with van der Waals surface area (Å²) in [6.07, 6.45) is 8.06. The zero-order chi connectivity index (χ0) is 14.1. The number of nitrogens with zero attached hydrogens (tertiary/aromatic N) is 1. The van der Waals surface area contributed by atoms with Gasteiger partial charge < -0.3 is 10.6 Å². The first-order valence-corrected chi connectivity index (χ1v) is 7.95. The lowest BCUT2D eigenvalue weighted by Crippen LogP contribution is -2.46. The molecule has 1 aliphatic heterocycles. The number of anilines is 1. The molecular formula is C16H22ClN3. The Morgan fingerprint density at radius 3 is 2.70 bits per heavy atom. The number of nitrogens with two attached hydrogens (primary N) is 1. The number of rotatable bonds is 2. The molecule has 1 aliphatic carbocycles. The van der Waals surface area contributed by atoms with E-state index in [9.17, 15) is 0 Å². The highest BCUT2D eigenvalue weighted by atomic mass is 35.5. The summed E-state index contributed by atoms with van der Waals surface area (Å²) in [6.45, 7) is 1.12. The summed E-state index contributed by atoms with van der Waals surface area (Å²) in [4.78, 5) is 2.53. The van der Waals surface area contributed by atoms with Crippen LogP contribution in [0.3, 0.4) is 0 Å². The number of amidine groups is 1. The van der Waals surface area contributed by atoms with Gasteiger partial charge in [0.1, 0.15) is 5.84 Å². The molecule has 1 aromatic rings. The number of nitrogen functional groups attached to an aromatic ring is 1. The molecule has 0 aromatic heterocycles. The Balaban J connectivity index is 1.87. The van der Waals surface area contributed by atoms with Gasteiger partial charge in [-0.1, -0.05) is 24.4 Å². The Morgan fingerprint density at radius 1 is 1.20 bits per heavy atom. The van der Waals surface area contributed by atoms with Gasteiger partial charge >= 0.3 is 0 Å². The monoisotopic (exact) mass is 291 g/mol. The maximum Gasteiger partial charge on any atom is 0.124 e. The minimum atomic E-state index is 0.0377. The third kappa shape index (κ3) is 2.51. The van der Waals surface area contributed by atoms with E-state index in [-0.39, 0.29) is 5.84 Å². The largest absolute Gasteiger partial charge is 0.384 e. The Bertz CT molecular complexity index is 512. The van der Waals surface area contributed by atoms with Crippen molar-refractivity contribution in [3.05, 3.63) is 28.8 Å². The molecule has 0 bridgehead atoms. The van der Waals surface area contributed by atoms with E-state index in [4.69, 9.17) is 22.7 Å². The van der Waals surface area contributed by atoms with Gasteiger partial charge in [0.2, 0.25) is 0 Å². The van der Waals surface area contributed by atoms with Gasteiger partial charge in [-0.15, -0.1) is 0 Å². The number of piperidine rings is 1. The topological polar surface area (TPSA) is 53.1 Å². The third-order valence-corrected chi connectivity index (χ3v) is 5.13. The van der Waals surface area contributed by atoms with Crippen molar-refractivity contribution in [2.45, 2.75) is 44.6 Å². The summed E-state index contributed by atoms with van der Waals surface area (Å²) in [5.74, 6) is 0.888. The van der Waals surface area contributed by atoms with Crippen molar-refractivity contribution in [2.24, 2.45) is 11.7 Å². The van der Waals surface area contributed by atoms with Gasteiger partial charge in [-0.3, -0.25) is 5.41 Å². The highest BCUT2D eigenvalue weighted by Gasteiger charge is 2.33. The Kier molecular flexibility index (Phi) is 3.88. The SMILES string of the molecule is N=C(N)c1ccc(N2CCCC3CCCCC32)cc1Cl. The average molecular weight is 292 g/mol. The van der Waals surface area contributed by atoms with Gasteiger partial charge in [-0.05, 0) is 49.8 Å². The van der Waals surface area contributed by atoms with Crippen molar-refractivity contribution < 1.29 is 0 Å². The first-order chi connectivity index (χ1) is 9.66. The summed E-state index contributed by atoms with van der Waals surface area (Å²) >= 11 is 6.27. The normalized spacial score (nSPS) is 26.1. The van der Waals surface area contributed by atoms with E-state index >= 15 is 0 Å². The molecule has 2 aliphatic rings. The molecule has 0 radical (unpaired) electrons. The second kappa shape index (κ2) is 5.65. The average Bonchev–Trinajstić information content (AvgIpc) is 2.46. The highest BCUT2D eigenvalue weighted by molar-refractivity contribution is 6.34. The van der Waals surface area contributed by atoms with E-state index in [1.54, 1.807) is 0 Å². The van der Waals surface area contributed by atoms with Crippen molar-refractivity contribution in [1.29, 1.82) is 5.41 Å². The summed E-state index contributed by atoms with van der Waals surface area (Å²) in [6, 6.07) is 6.61. The lowest BCUT2D eigenvalue weighted by Gasteiger charge is -2.45. The zero-order valence-electron chi connectivity index (χ0n) is 11.7. The van der Waals surface area contributed by atoms with Crippen LogP contribution in [-0.2, 0) is 0 Å². The second-order valence-electron chi connectivity index (χ2n) is 6.03. The molecule has 2 unspecified atom stereocenters. The number of benzene rings is 1. The van der Waals surface area contributed by atoms with Crippen molar-refractivity contribution in [1.82, 2.24) is 0 Å². The number of halogens is 1. The first kappa shape index (κ1) is 13.7. The molecule has 0 spiro atoms. The van der Waals surface area contributed by atoms with Crippen molar-refractivity contribution in [3.63, 3.8) is 0 Å². The van der Waals surface area contributed by atoms with Gasteiger partial charge in [0, 0.05) is 23.8 Å². The van der Waals surface area contributed by atoms with E-state index < -0.39 is 0 Å². The van der Waals surface area contributed by atoms with Crippen molar-refractivity contribution in [2.75, 3.05) is 11.4 Å². The van der Waals surface area contributed by atoms with Crippen molar-refractivity contribution in [3.8, 4) is 0 Å². The third-order valence-electron chi connectivity index (χ3n) is 4.82. The van der Waals surface area contributed by atoms with Crippen LogP contribution in [0.25, 0.3) is 0 Å². The lowest BCUT2D eigenvalue weighted by atomic mass is 9.78. The highest BCUT2D eigenvalue weighted by Crippen LogP contribution is 2.38. The summed E-state index contributed by atoms with van der Waals surface area (Å²) in [5, 5.41) is 8.11. The Morgan fingerprint density at radius 2 is 1.95 bits per heavy atom. The van der Waals surface area contributed by atoms with Crippen LogP contribution < -0.4 is 10.6 Å². The fourth-order valence-corrected chi connectivity index (χ4v) is 4.12. The smallest absolute Gasteiger partial charge is 0.124 e.